The van der Waals surface area contributed by atoms with Crippen LogP contribution in [0.25, 0.3) is 0 Å². The van der Waals surface area contributed by atoms with E-state index in [1.807, 2.05) is 31.9 Å². The van der Waals surface area contributed by atoms with Gasteiger partial charge in [0.05, 0.1) is 23.7 Å². The number of hydrogen-bond acceptors (Lipinski definition) is 4. The van der Waals surface area contributed by atoms with E-state index in [9.17, 15) is 4.79 Å². The summed E-state index contributed by atoms with van der Waals surface area (Å²) in [5, 5.41) is 1.06. The number of amides is 1. The van der Waals surface area contributed by atoms with Crippen molar-refractivity contribution in [3.63, 3.8) is 0 Å². The van der Waals surface area contributed by atoms with Gasteiger partial charge in [0, 0.05) is 0 Å². The Morgan fingerprint density at radius 1 is 1.56 bits per heavy atom. The van der Waals surface area contributed by atoms with E-state index in [0.717, 1.165) is 18.0 Å². The Balaban J connectivity index is 2.03. The van der Waals surface area contributed by atoms with Gasteiger partial charge in [0.25, 0.3) is 0 Å². The second kappa shape index (κ2) is 3.95. The molecule has 2 atom stereocenters. The highest BCUT2D eigenvalue weighted by Crippen LogP contribution is 2.35. The molecular weight excluding hydrogens is 224 g/mol. The van der Waals surface area contributed by atoms with Crippen molar-refractivity contribution in [2.75, 3.05) is 12.8 Å². The van der Waals surface area contributed by atoms with Crippen LogP contribution in [0.4, 0.5) is 4.79 Å². The Hall–Kier alpha value is -0.710. The Kier molecular flexibility index (Phi) is 2.90. The summed E-state index contributed by atoms with van der Waals surface area (Å²) in [7, 11) is 0. The first-order chi connectivity index (χ1) is 7.42. The number of fused-ring (bicyclic) bond motifs is 1. The number of carbonyl (C=O) groups excluding carboxylic acids is 1. The average molecular weight is 242 g/mol. The number of thioether (sulfide) groups is 1. The first-order valence-corrected chi connectivity index (χ1v) is 6.74. The van der Waals surface area contributed by atoms with Crippen LogP contribution in [0.1, 0.15) is 27.2 Å². The van der Waals surface area contributed by atoms with Gasteiger partial charge in [0.15, 0.2) is 0 Å². The molecule has 0 radical (unpaired) electrons. The molecule has 0 unspecified atom stereocenters. The summed E-state index contributed by atoms with van der Waals surface area (Å²) >= 11 is 1.63. The normalized spacial score (nSPS) is 28.2. The molecule has 0 aromatic carbocycles. The van der Waals surface area contributed by atoms with Crippen LogP contribution in [0, 0.1) is 0 Å². The van der Waals surface area contributed by atoms with Crippen molar-refractivity contribution in [3.8, 4) is 0 Å². The van der Waals surface area contributed by atoms with Gasteiger partial charge >= 0.3 is 6.09 Å². The Morgan fingerprint density at radius 3 is 2.75 bits per heavy atom. The molecule has 16 heavy (non-hydrogen) atoms. The second-order valence-electron chi connectivity index (χ2n) is 5.18. The zero-order valence-corrected chi connectivity index (χ0v) is 11.0. The third kappa shape index (κ3) is 2.05. The van der Waals surface area contributed by atoms with Crippen LogP contribution in [-0.2, 0) is 4.74 Å². The quantitative estimate of drug-likeness (QED) is 0.653. The predicted molar refractivity (Wildman–Crippen MR) is 66.1 cm³/mol. The van der Waals surface area contributed by atoms with E-state index in [2.05, 4.69) is 4.99 Å². The minimum atomic E-state index is -0.419. The molecule has 5 heteroatoms. The van der Waals surface area contributed by atoms with E-state index >= 15 is 0 Å². The number of nitrogens with zero attached hydrogens (tertiary/aromatic N) is 2. The van der Waals surface area contributed by atoms with Crippen molar-refractivity contribution >= 4 is 22.9 Å². The van der Waals surface area contributed by atoms with Crippen molar-refractivity contribution in [1.82, 2.24) is 4.90 Å². The molecule has 3 aliphatic heterocycles. The van der Waals surface area contributed by atoms with Crippen molar-refractivity contribution in [3.05, 3.63) is 0 Å². The summed E-state index contributed by atoms with van der Waals surface area (Å²) in [5.41, 5.74) is -0.419. The molecule has 1 saturated heterocycles. The molecule has 1 fully saturated rings. The summed E-state index contributed by atoms with van der Waals surface area (Å²) < 4.78 is 5.39. The zero-order valence-electron chi connectivity index (χ0n) is 10.2. The lowest BCUT2D eigenvalue weighted by Crippen LogP contribution is -2.65. The van der Waals surface area contributed by atoms with Crippen LogP contribution < -0.4 is 0 Å². The topological polar surface area (TPSA) is 41.9 Å². The molecule has 90 valence electrons. The third-order valence-corrected chi connectivity index (χ3v) is 3.60. The zero-order chi connectivity index (χ0) is 11.9. The molecule has 3 rings (SSSR count). The SMILES string of the molecule is CSC1=NC[C@@H]2C[C@H]1N2C(=O)OC(C)(C)C. The molecule has 3 heterocycles. The molecule has 0 N–H and O–H groups in total. The maximum absolute atomic E-state index is 12.0. The Labute approximate surface area is 100 Å². The van der Waals surface area contributed by atoms with E-state index in [1.165, 1.54) is 0 Å². The Morgan fingerprint density at radius 2 is 2.25 bits per heavy atom. The van der Waals surface area contributed by atoms with Crippen LogP contribution in [0.2, 0.25) is 0 Å². The van der Waals surface area contributed by atoms with Crippen molar-refractivity contribution in [2.24, 2.45) is 4.99 Å². The Bertz CT molecular complexity index is 335. The van der Waals surface area contributed by atoms with E-state index in [0.29, 0.717) is 0 Å². The molecule has 0 aliphatic carbocycles. The lowest BCUT2D eigenvalue weighted by Gasteiger charge is -2.50. The summed E-state index contributed by atoms with van der Waals surface area (Å²) in [4.78, 5) is 18.2. The highest BCUT2D eigenvalue weighted by atomic mass is 32.2. The monoisotopic (exact) mass is 242 g/mol. The predicted octanol–water partition coefficient (Wildman–Crippen LogP) is 2.14. The molecule has 0 aromatic heterocycles. The molecule has 4 nitrogen and oxygen atoms in total. The summed E-state index contributed by atoms with van der Waals surface area (Å²) in [6.45, 7) is 6.41. The largest absolute Gasteiger partial charge is 0.444 e. The van der Waals surface area contributed by atoms with Crippen molar-refractivity contribution in [1.29, 1.82) is 0 Å². The highest BCUT2D eigenvalue weighted by molar-refractivity contribution is 8.13. The molecule has 1 amide bonds. The van der Waals surface area contributed by atoms with Gasteiger partial charge in [0.1, 0.15) is 5.60 Å². The summed E-state index contributed by atoms with van der Waals surface area (Å²) in [5.74, 6) is 0. The smallest absolute Gasteiger partial charge is 0.411 e. The van der Waals surface area contributed by atoms with E-state index in [1.54, 1.807) is 11.8 Å². The minimum Gasteiger partial charge on any atom is -0.444 e. The summed E-state index contributed by atoms with van der Waals surface area (Å²) in [6, 6.07) is 0.430. The van der Waals surface area contributed by atoms with Gasteiger partial charge < -0.3 is 4.74 Å². The van der Waals surface area contributed by atoms with Gasteiger partial charge in [-0.1, -0.05) is 0 Å². The average Bonchev–Trinajstić information content (AvgIpc) is 2.14. The van der Waals surface area contributed by atoms with Gasteiger partial charge in [0.2, 0.25) is 0 Å². The van der Waals surface area contributed by atoms with E-state index < -0.39 is 5.60 Å². The van der Waals surface area contributed by atoms with Crippen molar-refractivity contribution < 1.29 is 9.53 Å². The van der Waals surface area contributed by atoms with Crippen LogP contribution in [-0.4, -0.2) is 46.5 Å². The third-order valence-electron chi connectivity index (χ3n) is 2.78. The van der Waals surface area contributed by atoms with Gasteiger partial charge in [-0.3, -0.25) is 9.89 Å². The van der Waals surface area contributed by atoms with Crippen LogP contribution in [0.3, 0.4) is 0 Å². The van der Waals surface area contributed by atoms with Gasteiger partial charge in [-0.25, -0.2) is 4.79 Å². The number of rotatable bonds is 0. The van der Waals surface area contributed by atoms with Crippen molar-refractivity contribution in [2.45, 2.75) is 44.9 Å². The maximum atomic E-state index is 12.0. The minimum absolute atomic E-state index is 0.170. The van der Waals surface area contributed by atoms with Gasteiger partial charge in [-0.15, -0.1) is 11.8 Å². The first kappa shape index (κ1) is 11.8. The maximum Gasteiger partial charge on any atom is 0.411 e. The van der Waals surface area contributed by atoms with Crippen LogP contribution in [0.5, 0.6) is 0 Å². The molecule has 3 aliphatic rings. The van der Waals surface area contributed by atoms with Gasteiger partial charge in [-0.05, 0) is 33.4 Å². The standard InChI is InChI=1S/C11H18N2O2S/c1-11(2,3)15-10(14)13-7-5-8(13)9(16-4)12-6-7/h7-8H,5-6H2,1-4H3/t7-,8+/m0/s1. The van der Waals surface area contributed by atoms with Gasteiger partial charge in [-0.2, -0.15) is 0 Å². The molecule has 0 saturated carbocycles. The number of ether oxygens (including phenoxy) is 1. The molecule has 0 aromatic rings. The van der Waals surface area contributed by atoms with Crippen LogP contribution >= 0.6 is 11.8 Å². The number of carbonyl (C=O) groups is 1. The fraction of sp³-hybridized carbons (Fsp3) is 0.818. The highest BCUT2D eigenvalue weighted by Gasteiger charge is 2.48. The van der Waals surface area contributed by atoms with Crippen LogP contribution in [0.15, 0.2) is 4.99 Å². The number of aliphatic imine (C=N–C) groups is 1. The molecular formula is C11H18N2O2S. The second-order valence-corrected chi connectivity index (χ2v) is 6.00. The fourth-order valence-corrected chi connectivity index (χ4v) is 2.76. The number of hydrogen-bond donors (Lipinski definition) is 0. The molecule has 2 bridgehead atoms. The molecule has 0 spiro atoms. The summed E-state index contributed by atoms with van der Waals surface area (Å²) in [6.07, 6.45) is 2.85. The fourth-order valence-electron chi connectivity index (χ4n) is 2.08. The lowest BCUT2D eigenvalue weighted by atomic mass is 9.91. The van der Waals surface area contributed by atoms with E-state index in [-0.39, 0.29) is 18.2 Å². The lowest BCUT2D eigenvalue weighted by molar-refractivity contribution is -0.0167. The first-order valence-electron chi connectivity index (χ1n) is 5.52. The van der Waals surface area contributed by atoms with E-state index in [4.69, 9.17) is 4.74 Å².